The normalized spacial score (nSPS) is 20.9. The zero-order valence-electron chi connectivity index (χ0n) is 12.5. The van der Waals surface area contributed by atoms with E-state index in [2.05, 4.69) is 43.4 Å². The Kier molecular flexibility index (Phi) is 4.23. The second kappa shape index (κ2) is 5.75. The van der Waals surface area contributed by atoms with Crippen molar-refractivity contribution in [3.63, 3.8) is 0 Å². The smallest absolute Gasteiger partial charge is 0.246 e. The van der Waals surface area contributed by atoms with Crippen molar-refractivity contribution in [2.24, 2.45) is 0 Å². The number of benzene rings is 1. The average molecular weight is 274 g/mol. The second-order valence-corrected chi connectivity index (χ2v) is 5.76. The molecule has 4 nitrogen and oxygen atoms in total. The summed E-state index contributed by atoms with van der Waals surface area (Å²) in [5.41, 5.74) is 2.43. The molecule has 1 aliphatic rings. The first-order chi connectivity index (χ1) is 9.40. The van der Waals surface area contributed by atoms with Gasteiger partial charge in [0.2, 0.25) is 11.8 Å². The highest BCUT2D eigenvalue weighted by Gasteiger charge is 2.36. The number of carbonyl (C=O) groups is 2. The molecule has 1 heterocycles. The van der Waals surface area contributed by atoms with Gasteiger partial charge in [-0.05, 0) is 24.0 Å². The molecular formula is C16H22N2O2. The number of hydrogen-bond donors (Lipinski definition) is 1. The van der Waals surface area contributed by atoms with Crippen molar-refractivity contribution in [2.45, 2.75) is 45.2 Å². The molecule has 2 atom stereocenters. The third kappa shape index (κ3) is 2.90. The van der Waals surface area contributed by atoms with Crippen LogP contribution in [0, 0.1) is 0 Å². The quantitative estimate of drug-likeness (QED) is 0.856. The Morgan fingerprint density at radius 1 is 1.10 bits per heavy atom. The molecule has 1 N–H and O–H groups in total. The summed E-state index contributed by atoms with van der Waals surface area (Å²) in [4.78, 5) is 24.6. The zero-order valence-corrected chi connectivity index (χ0v) is 12.5. The van der Waals surface area contributed by atoms with Crippen LogP contribution in [0.3, 0.4) is 0 Å². The van der Waals surface area contributed by atoms with Crippen molar-refractivity contribution >= 4 is 11.8 Å². The van der Waals surface area contributed by atoms with Gasteiger partial charge in [0, 0.05) is 13.1 Å². The molecule has 2 unspecified atom stereocenters. The minimum Gasteiger partial charge on any atom is -0.299 e. The maximum atomic E-state index is 11.9. The molecular weight excluding hydrogens is 252 g/mol. The van der Waals surface area contributed by atoms with Crippen LogP contribution in [0.4, 0.5) is 0 Å². The lowest BCUT2D eigenvalue weighted by atomic mass is 9.99. The van der Waals surface area contributed by atoms with Crippen molar-refractivity contribution in [3.05, 3.63) is 35.4 Å². The van der Waals surface area contributed by atoms with Gasteiger partial charge in [0.15, 0.2) is 0 Å². The Hall–Kier alpha value is -1.68. The minimum absolute atomic E-state index is 0.0458. The third-order valence-corrected chi connectivity index (χ3v) is 3.94. The summed E-state index contributed by atoms with van der Waals surface area (Å²) in [6, 6.07) is 8.05. The molecule has 0 spiro atoms. The molecule has 1 saturated heterocycles. The van der Waals surface area contributed by atoms with E-state index in [4.69, 9.17) is 0 Å². The molecule has 1 aliphatic heterocycles. The standard InChI is InChI=1S/C16H22N2O2/c1-10(2)12-5-7-13(8-6-12)11(3)17-14-9-15(19)18(4)16(14)20/h5-8,10-11,14,17H,9H2,1-4H3. The van der Waals surface area contributed by atoms with Crippen LogP contribution in [-0.4, -0.2) is 29.8 Å². The van der Waals surface area contributed by atoms with E-state index in [0.29, 0.717) is 5.92 Å². The summed E-state index contributed by atoms with van der Waals surface area (Å²) in [6.07, 6.45) is 0.254. The molecule has 2 amide bonds. The number of likely N-dealkylation sites (tertiary alicyclic amines) is 1. The van der Waals surface area contributed by atoms with Crippen molar-refractivity contribution in [2.75, 3.05) is 7.05 Å². The lowest BCUT2D eigenvalue weighted by molar-refractivity contribution is -0.137. The lowest BCUT2D eigenvalue weighted by Gasteiger charge is -2.19. The molecule has 0 bridgehead atoms. The topological polar surface area (TPSA) is 49.4 Å². The molecule has 2 rings (SSSR count). The fourth-order valence-corrected chi connectivity index (χ4v) is 2.45. The first-order valence-electron chi connectivity index (χ1n) is 7.06. The van der Waals surface area contributed by atoms with Gasteiger partial charge in [0.25, 0.3) is 0 Å². The molecule has 20 heavy (non-hydrogen) atoms. The number of carbonyl (C=O) groups excluding carboxylic acids is 2. The molecule has 108 valence electrons. The van der Waals surface area contributed by atoms with E-state index >= 15 is 0 Å². The van der Waals surface area contributed by atoms with Crippen LogP contribution < -0.4 is 5.32 Å². The van der Waals surface area contributed by atoms with E-state index in [1.54, 1.807) is 0 Å². The van der Waals surface area contributed by atoms with Gasteiger partial charge in [-0.3, -0.25) is 19.8 Å². The first-order valence-corrected chi connectivity index (χ1v) is 7.06. The minimum atomic E-state index is -0.396. The summed E-state index contributed by atoms with van der Waals surface area (Å²) in [5.74, 6) is 0.255. The molecule has 1 aromatic carbocycles. The first kappa shape index (κ1) is 14.7. The number of likely N-dealkylation sites (N-methyl/N-ethyl adjacent to an activating group) is 1. The van der Waals surface area contributed by atoms with Crippen molar-refractivity contribution in [3.8, 4) is 0 Å². The van der Waals surface area contributed by atoms with Crippen molar-refractivity contribution in [1.29, 1.82) is 0 Å². The molecule has 0 aromatic heterocycles. The largest absolute Gasteiger partial charge is 0.299 e. The predicted molar refractivity (Wildman–Crippen MR) is 78.3 cm³/mol. The van der Waals surface area contributed by atoms with E-state index in [1.165, 1.54) is 17.5 Å². The highest BCUT2D eigenvalue weighted by atomic mass is 16.2. The molecule has 4 heteroatoms. The Balaban J connectivity index is 2.03. The molecule has 0 saturated carbocycles. The van der Waals surface area contributed by atoms with Gasteiger partial charge in [0.05, 0.1) is 12.5 Å². The van der Waals surface area contributed by atoms with Crippen LogP contribution in [0.25, 0.3) is 0 Å². The van der Waals surface area contributed by atoms with Gasteiger partial charge < -0.3 is 0 Å². The van der Waals surface area contributed by atoms with Gasteiger partial charge in [-0.1, -0.05) is 38.1 Å². The maximum absolute atomic E-state index is 11.9. The Bertz CT molecular complexity index is 508. The number of imide groups is 1. The fourth-order valence-electron chi connectivity index (χ4n) is 2.45. The van der Waals surface area contributed by atoms with E-state index < -0.39 is 6.04 Å². The van der Waals surface area contributed by atoms with Gasteiger partial charge in [-0.2, -0.15) is 0 Å². The number of nitrogens with one attached hydrogen (secondary N) is 1. The number of hydrogen-bond acceptors (Lipinski definition) is 3. The summed E-state index contributed by atoms with van der Waals surface area (Å²) < 4.78 is 0. The van der Waals surface area contributed by atoms with Crippen LogP contribution in [-0.2, 0) is 9.59 Å². The second-order valence-electron chi connectivity index (χ2n) is 5.76. The van der Waals surface area contributed by atoms with Gasteiger partial charge in [-0.25, -0.2) is 0 Å². The number of amides is 2. The Morgan fingerprint density at radius 2 is 1.65 bits per heavy atom. The summed E-state index contributed by atoms with van der Waals surface area (Å²) in [6.45, 7) is 6.34. The van der Waals surface area contributed by atoms with Gasteiger partial charge in [0.1, 0.15) is 0 Å². The van der Waals surface area contributed by atoms with E-state index in [0.717, 1.165) is 5.56 Å². The molecule has 1 aromatic rings. The van der Waals surface area contributed by atoms with Gasteiger partial charge >= 0.3 is 0 Å². The van der Waals surface area contributed by atoms with Crippen molar-refractivity contribution < 1.29 is 9.59 Å². The Labute approximate surface area is 120 Å². The summed E-state index contributed by atoms with van der Waals surface area (Å²) >= 11 is 0. The average Bonchev–Trinajstić information content (AvgIpc) is 2.66. The van der Waals surface area contributed by atoms with Crippen LogP contribution in [0.15, 0.2) is 24.3 Å². The monoisotopic (exact) mass is 274 g/mol. The summed E-state index contributed by atoms with van der Waals surface area (Å²) in [7, 11) is 1.54. The predicted octanol–water partition coefficient (Wildman–Crippen LogP) is 2.22. The zero-order chi connectivity index (χ0) is 14.9. The van der Waals surface area contributed by atoms with Crippen LogP contribution in [0.5, 0.6) is 0 Å². The van der Waals surface area contributed by atoms with Crippen LogP contribution >= 0.6 is 0 Å². The van der Waals surface area contributed by atoms with Crippen LogP contribution in [0.1, 0.15) is 50.3 Å². The SMILES string of the molecule is CC(C)c1ccc(C(C)NC2CC(=O)N(C)C2=O)cc1. The van der Waals surface area contributed by atoms with E-state index in [-0.39, 0.29) is 24.3 Å². The summed E-state index contributed by atoms with van der Waals surface area (Å²) in [5, 5.41) is 3.24. The molecule has 1 fully saturated rings. The van der Waals surface area contributed by atoms with Crippen molar-refractivity contribution in [1.82, 2.24) is 10.2 Å². The van der Waals surface area contributed by atoms with Crippen LogP contribution in [0.2, 0.25) is 0 Å². The van der Waals surface area contributed by atoms with Gasteiger partial charge in [-0.15, -0.1) is 0 Å². The van der Waals surface area contributed by atoms with E-state index in [1.807, 2.05) is 6.92 Å². The Morgan fingerprint density at radius 3 is 2.10 bits per heavy atom. The highest BCUT2D eigenvalue weighted by Crippen LogP contribution is 2.20. The fraction of sp³-hybridized carbons (Fsp3) is 0.500. The third-order valence-electron chi connectivity index (χ3n) is 3.94. The number of nitrogens with zero attached hydrogens (tertiary/aromatic N) is 1. The maximum Gasteiger partial charge on any atom is 0.246 e. The number of rotatable bonds is 4. The van der Waals surface area contributed by atoms with E-state index in [9.17, 15) is 9.59 Å². The molecule has 0 aliphatic carbocycles. The molecule has 0 radical (unpaired) electrons. The lowest BCUT2D eigenvalue weighted by Crippen LogP contribution is -2.38. The highest BCUT2D eigenvalue weighted by molar-refractivity contribution is 6.05.